The van der Waals surface area contributed by atoms with Crippen LogP contribution < -0.4 is 5.32 Å². The van der Waals surface area contributed by atoms with Crippen LogP contribution in [-0.2, 0) is 16.1 Å². The third-order valence-electron chi connectivity index (χ3n) is 6.63. The number of hydrogen-bond acceptors (Lipinski definition) is 6. The Balaban J connectivity index is 1.20. The summed E-state index contributed by atoms with van der Waals surface area (Å²) in [5.41, 5.74) is 4.59. The van der Waals surface area contributed by atoms with Crippen molar-refractivity contribution in [2.75, 3.05) is 13.2 Å². The number of carboxylic acid groups (broad SMARTS) is 1. The lowest BCUT2D eigenvalue weighted by molar-refractivity contribution is -0.137. The molecule has 1 fully saturated rings. The van der Waals surface area contributed by atoms with Crippen molar-refractivity contribution in [2.24, 2.45) is 0 Å². The second-order valence-electron chi connectivity index (χ2n) is 8.70. The van der Waals surface area contributed by atoms with Crippen molar-refractivity contribution in [3.63, 3.8) is 0 Å². The van der Waals surface area contributed by atoms with Gasteiger partial charge < -0.3 is 24.5 Å². The van der Waals surface area contributed by atoms with E-state index in [2.05, 4.69) is 22.4 Å². The van der Waals surface area contributed by atoms with Crippen molar-refractivity contribution in [3.05, 3.63) is 77.5 Å². The van der Waals surface area contributed by atoms with Crippen LogP contribution in [0.1, 0.15) is 52.6 Å². The summed E-state index contributed by atoms with van der Waals surface area (Å²) in [6, 6.07) is 15.8. The second-order valence-corrected chi connectivity index (χ2v) is 8.70. The highest BCUT2D eigenvalue weighted by molar-refractivity contribution is 5.94. The first-order chi connectivity index (χ1) is 17.0. The molecule has 9 heteroatoms. The fourth-order valence-corrected chi connectivity index (χ4v) is 5.03. The molecule has 1 aliphatic heterocycles. The number of carbonyl (C=O) groups is 3. The van der Waals surface area contributed by atoms with E-state index in [4.69, 9.17) is 14.3 Å². The van der Waals surface area contributed by atoms with Crippen molar-refractivity contribution in [2.45, 2.75) is 37.8 Å². The zero-order valence-electron chi connectivity index (χ0n) is 19.0. The number of oxazole rings is 1. The predicted molar refractivity (Wildman–Crippen MR) is 125 cm³/mol. The second kappa shape index (κ2) is 9.61. The fourth-order valence-electron chi connectivity index (χ4n) is 5.03. The number of ether oxygens (including phenoxy) is 1. The van der Waals surface area contributed by atoms with Crippen molar-refractivity contribution >= 4 is 18.0 Å². The number of aromatic nitrogens is 1. The van der Waals surface area contributed by atoms with E-state index in [0.29, 0.717) is 13.0 Å². The largest absolute Gasteiger partial charge is 0.481 e. The van der Waals surface area contributed by atoms with E-state index in [1.807, 2.05) is 36.4 Å². The lowest BCUT2D eigenvalue weighted by atomic mass is 9.98. The molecular formula is C26H25N3O6. The molecule has 2 amide bonds. The molecule has 1 saturated heterocycles. The summed E-state index contributed by atoms with van der Waals surface area (Å²) in [5, 5.41) is 11.7. The fraction of sp³-hybridized carbons (Fsp3) is 0.308. The Hall–Kier alpha value is -4.14. The van der Waals surface area contributed by atoms with Crippen LogP contribution >= 0.6 is 0 Å². The number of nitrogens with zero attached hydrogens (tertiary/aromatic N) is 2. The van der Waals surface area contributed by atoms with Crippen LogP contribution in [0, 0.1) is 0 Å². The molecule has 2 heterocycles. The third kappa shape index (κ3) is 4.49. The van der Waals surface area contributed by atoms with Gasteiger partial charge in [-0.15, -0.1) is 0 Å². The molecule has 2 aromatic carbocycles. The molecule has 3 aromatic rings. The predicted octanol–water partition coefficient (Wildman–Crippen LogP) is 3.79. The van der Waals surface area contributed by atoms with Gasteiger partial charge in [-0.1, -0.05) is 48.5 Å². The van der Waals surface area contributed by atoms with Gasteiger partial charge in [0.05, 0.1) is 13.0 Å². The minimum Gasteiger partial charge on any atom is -0.481 e. The molecule has 35 heavy (non-hydrogen) atoms. The number of benzene rings is 2. The van der Waals surface area contributed by atoms with Crippen LogP contribution in [0.25, 0.3) is 11.1 Å². The molecular weight excluding hydrogens is 450 g/mol. The third-order valence-corrected chi connectivity index (χ3v) is 6.63. The van der Waals surface area contributed by atoms with Gasteiger partial charge in [0.15, 0.2) is 17.8 Å². The van der Waals surface area contributed by atoms with Crippen molar-refractivity contribution in [1.29, 1.82) is 0 Å². The lowest BCUT2D eigenvalue weighted by Gasteiger charge is -2.22. The molecule has 9 nitrogen and oxygen atoms in total. The summed E-state index contributed by atoms with van der Waals surface area (Å²) in [6.07, 6.45) is 1.76. The van der Waals surface area contributed by atoms with Gasteiger partial charge in [-0.25, -0.2) is 9.78 Å². The van der Waals surface area contributed by atoms with E-state index < -0.39 is 18.0 Å². The minimum atomic E-state index is -0.952. The molecule has 1 aliphatic carbocycles. The van der Waals surface area contributed by atoms with Crippen LogP contribution in [0.2, 0.25) is 0 Å². The summed E-state index contributed by atoms with van der Waals surface area (Å²) < 4.78 is 10.9. The molecule has 0 spiro atoms. The number of alkyl carbamates (subject to hydrolysis) is 1. The SMILES string of the molecule is O=C(O)CC1CCCN1C(=O)c1ncoc1CNC(=O)OCC1c2ccccc2-c2ccccc21. The maximum absolute atomic E-state index is 13.0. The number of fused-ring (bicyclic) bond motifs is 3. The summed E-state index contributed by atoms with van der Waals surface area (Å²) >= 11 is 0. The Morgan fingerprint density at radius 2 is 1.77 bits per heavy atom. The van der Waals surface area contributed by atoms with Crippen LogP contribution in [0.3, 0.4) is 0 Å². The number of carbonyl (C=O) groups excluding carboxylic acids is 2. The molecule has 2 aliphatic rings. The lowest BCUT2D eigenvalue weighted by Crippen LogP contribution is -2.37. The molecule has 0 radical (unpaired) electrons. The molecule has 1 aromatic heterocycles. The molecule has 0 bridgehead atoms. The molecule has 1 unspecified atom stereocenters. The van der Waals surface area contributed by atoms with Crippen LogP contribution in [0.4, 0.5) is 4.79 Å². The monoisotopic (exact) mass is 475 g/mol. The zero-order valence-corrected chi connectivity index (χ0v) is 19.0. The Labute approximate surface area is 201 Å². The minimum absolute atomic E-state index is 0.0584. The van der Waals surface area contributed by atoms with E-state index >= 15 is 0 Å². The van der Waals surface area contributed by atoms with Gasteiger partial charge in [0.2, 0.25) is 0 Å². The van der Waals surface area contributed by atoms with E-state index in [0.717, 1.165) is 35.1 Å². The molecule has 5 rings (SSSR count). The topological polar surface area (TPSA) is 122 Å². The number of amides is 2. The Morgan fingerprint density at radius 1 is 1.09 bits per heavy atom. The number of likely N-dealkylation sites (tertiary alicyclic amines) is 1. The molecule has 0 saturated carbocycles. The van der Waals surface area contributed by atoms with Gasteiger partial charge in [-0.2, -0.15) is 0 Å². The molecule has 2 N–H and O–H groups in total. The Morgan fingerprint density at radius 3 is 2.46 bits per heavy atom. The Kier molecular flexibility index (Phi) is 6.22. The smallest absolute Gasteiger partial charge is 0.407 e. The van der Waals surface area contributed by atoms with E-state index in [9.17, 15) is 14.4 Å². The van der Waals surface area contributed by atoms with Crippen LogP contribution in [-0.4, -0.2) is 52.2 Å². The first-order valence-corrected chi connectivity index (χ1v) is 11.6. The number of nitrogens with one attached hydrogen (secondary N) is 1. The highest BCUT2D eigenvalue weighted by Crippen LogP contribution is 2.44. The summed E-state index contributed by atoms with van der Waals surface area (Å²) in [5.74, 6) is -1.21. The summed E-state index contributed by atoms with van der Waals surface area (Å²) in [7, 11) is 0. The number of aliphatic carboxylic acids is 1. The first-order valence-electron chi connectivity index (χ1n) is 11.6. The van der Waals surface area contributed by atoms with Crippen molar-refractivity contribution in [1.82, 2.24) is 15.2 Å². The molecule has 180 valence electrons. The zero-order chi connectivity index (χ0) is 24.4. The van der Waals surface area contributed by atoms with E-state index in [1.165, 1.54) is 4.90 Å². The normalized spacial score (nSPS) is 16.6. The van der Waals surface area contributed by atoms with E-state index in [1.54, 1.807) is 0 Å². The van der Waals surface area contributed by atoms with E-state index in [-0.39, 0.29) is 43.0 Å². The maximum atomic E-state index is 13.0. The highest BCUT2D eigenvalue weighted by atomic mass is 16.5. The van der Waals surface area contributed by atoms with Gasteiger partial charge >= 0.3 is 12.1 Å². The van der Waals surface area contributed by atoms with Crippen LogP contribution in [0.5, 0.6) is 0 Å². The highest BCUT2D eigenvalue weighted by Gasteiger charge is 2.34. The number of hydrogen-bond donors (Lipinski definition) is 2. The summed E-state index contributed by atoms with van der Waals surface area (Å²) in [6.45, 7) is 0.560. The van der Waals surface area contributed by atoms with Crippen molar-refractivity contribution < 1.29 is 28.6 Å². The van der Waals surface area contributed by atoms with Gasteiger partial charge in [0, 0.05) is 18.5 Å². The number of carboxylic acids is 1. The maximum Gasteiger partial charge on any atom is 0.407 e. The summed E-state index contributed by atoms with van der Waals surface area (Å²) in [4.78, 5) is 42.1. The quantitative estimate of drug-likeness (QED) is 0.533. The van der Waals surface area contributed by atoms with Gasteiger partial charge in [0.25, 0.3) is 5.91 Å². The van der Waals surface area contributed by atoms with Crippen LogP contribution in [0.15, 0.2) is 59.3 Å². The Bertz CT molecular complexity index is 1220. The average molecular weight is 476 g/mol. The van der Waals surface area contributed by atoms with Gasteiger partial charge in [0.1, 0.15) is 6.61 Å². The molecule has 1 atom stereocenters. The van der Waals surface area contributed by atoms with Gasteiger partial charge in [-0.3, -0.25) is 9.59 Å². The van der Waals surface area contributed by atoms with Gasteiger partial charge in [-0.05, 0) is 35.1 Å². The van der Waals surface area contributed by atoms with Crippen molar-refractivity contribution in [3.8, 4) is 11.1 Å². The standard InChI is InChI=1S/C26H25N3O6/c30-23(31)12-16-6-5-11-29(16)25(32)24-22(35-15-28-24)13-27-26(33)34-14-21-19-9-3-1-7-17(19)18-8-2-4-10-20(18)21/h1-4,7-10,15-16,21H,5-6,11-14H2,(H,27,33)(H,30,31). The average Bonchev–Trinajstić information content (AvgIpc) is 3.58. The first kappa shape index (κ1) is 22.6. The number of rotatable bonds is 7.